The number of nitrogens with zero attached hydrogens (tertiary/aromatic N) is 2. The van der Waals surface area contributed by atoms with Crippen LogP contribution in [0.3, 0.4) is 0 Å². The van der Waals surface area contributed by atoms with Crippen molar-refractivity contribution < 1.29 is 14.3 Å². The van der Waals surface area contributed by atoms with E-state index in [4.69, 9.17) is 4.74 Å². The van der Waals surface area contributed by atoms with Gasteiger partial charge in [-0.25, -0.2) is 0 Å². The molecule has 3 aromatic rings. The van der Waals surface area contributed by atoms with E-state index in [0.29, 0.717) is 18.7 Å². The van der Waals surface area contributed by atoms with Crippen molar-refractivity contribution in [3.63, 3.8) is 0 Å². The van der Waals surface area contributed by atoms with Crippen molar-refractivity contribution in [3.05, 3.63) is 77.4 Å². The summed E-state index contributed by atoms with van der Waals surface area (Å²) in [5, 5.41) is 5.04. The molecule has 1 saturated heterocycles. The maximum absolute atomic E-state index is 13.3. The van der Waals surface area contributed by atoms with Gasteiger partial charge in [-0.1, -0.05) is 36.4 Å². The highest BCUT2D eigenvalue weighted by Crippen LogP contribution is 2.28. The van der Waals surface area contributed by atoms with Gasteiger partial charge in [-0.3, -0.25) is 14.6 Å². The first-order valence-corrected chi connectivity index (χ1v) is 11.6. The second-order valence-corrected chi connectivity index (χ2v) is 9.21. The third-order valence-corrected chi connectivity index (χ3v) is 6.36. The predicted octanol–water partition coefficient (Wildman–Crippen LogP) is 3.79. The fourth-order valence-corrected chi connectivity index (χ4v) is 4.62. The second-order valence-electron chi connectivity index (χ2n) is 8.26. The third-order valence-electron chi connectivity index (χ3n) is 5.44. The molecule has 1 aromatic carbocycles. The second kappa shape index (κ2) is 9.63. The van der Waals surface area contributed by atoms with E-state index in [-0.39, 0.29) is 31.0 Å². The Morgan fingerprint density at radius 1 is 1.16 bits per heavy atom. The minimum Gasteiger partial charge on any atom is -0.361 e. The normalized spacial score (nSPS) is 18.5. The summed E-state index contributed by atoms with van der Waals surface area (Å²) in [5.41, 5.74) is 1.34. The summed E-state index contributed by atoms with van der Waals surface area (Å²) in [5.74, 6) is -0.392. The molecule has 0 spiro atoms. The number of nitrogens with one attached hydrogen (secondary N) is 1. The quantitative estimate of drug-likeness (QED) is 0.622. The lowest BCUT2D eigenvalue weighted by atomic mass is 9.90. The van der Waals surface area contributed by atoms with E-state index in [1.54, 1.807) is 40.6 Å². The van der Waals surface area contributed by atoms with E-state index in [9.17, 15) is 9.59 Å². The molecule has 1 fully saturated rings. The first-order valence-electron chi connectivity index (χ1n) is 10.7. The first kappa shape index (κ1) is 22.2. The Labute approximate surface area is 192 Å². The summed E-state index contributed by atoms with van der Waals surface area (Å²) < 4.78 is 6.13. The molecule has 1 N–H and O–H groups in total. The molecule has 4 rings (SSSR count). The lowest BCUT2D eigenvalue weighted by molar-refractivity contribution is -0.157. The van der Waals surface area contributed by atoms with Gasteiger partial charge in [0, 0.05) is 30.1 Å². The number of thiophene rings is 1. The number of hydrogen-bond donors (Lipinski definition) is 1. The highest BCUT2D eigenvalue weighted by Gasteiger charge is 2.45. The van der Waals surface area contributed by atoms with Crippen LogP contribution in [0.15, 0.2) is 66.2 Å². The van der Waals surface area contributed by atoms with Gasteiger partial charge in [-0.05, 0) is 48.6 Å². The number of hydrogen-bond acceptors (Lipinski definition) is 5. The summed E-state index contributed by atoms with van der Waals surface area (Å²) in [6.07, 6.45) is 1.98. The summed E-state index contributed by atoms with van der Waals surface area (Å²) in [4.78, 5) is 33.4. The number of benzene rings is 1. The number of pyridine rings is 1. The van der Waals surface area contributed by atoms with Gasteiger partial charge in [-0.2, -0.15) is 0 Å². The van der Waals surface area contributed by atoms with Crippen molar-refractivity contribution in [1.82, 2.24) is 15.2 Å². The molecule has 0 aliphatic carbocycles. The zero-order valence-corrected chi connectivity index (χ0v) is 19.1. The smallest absolute Gasteiger partial charge is 0.272 e. The Hall–Kier alpha value is -3.03. The Kier molecular flexibility index (Phi) is 6.67. The van der Waals surface area contributed by atoms with E-state index in [1.807, 2.05) is 32.0 Å². The van der Waals surface area contributed by atoms with E-state index < -0.39 is 5.60 Å². The van der Waals surface area contributed by atoms with Gasteiger partial charge in [0.2, 0.25) is 0 Å². The molecule has 2 aromatic heterocycles. The summed E-state index contributed by atoms with van der Waals surface area (Å²) in [6, 6.07) is 17.5. The summed E-state index contributed by atoms with van der Waals surface area (Å²) in [7, 11) is 0. The monoisotopic (exact) mass is 449 g/mol. The SMILES string of the molecule is CC(C)NC(=O)[C@@]1(Cc2ccc(-c3cccs3)cc2)CN(C(=O)c2ccccn2)CCO1. The molecular weight excluding hydrogens is 422 g/mol. The van der Waals surface area contributed by atoms with Gasteiger partial charge in [0.25, 0.3) is 11.8 Å². The first-order chi connectivity index (χ1) is 15.5. The van der Waals surface area contributed by atoms with Gasteiger partial charge >= 0.3 is 0 Å². The number of morpholine rings is 1. The molecule has 3 heterocycles. The Morgan fingerprint density at radius 2 is 1.97 bits per heavy atom. The van der Waals surface area contributed by atoms with Crippen LogP contribution < -0.4 is 5.32 Å². The average molecular weight is 450 g/mol. The van der Waals surface area contributed by atoms with Crippen LogP contribution in [0, 0.1) is 0 Å². The molecule has 6 nitrogen and oxygen atoms in total. The summed E-state index contributed by atoms with van der Waals surface area (Å²) >= 11 is 1.69. The van der Waals surface area contributed by atoms with Crippen LogP contribution in [-0.2, 0) is 16.0 Å². The largest absolute Gasteiger partial charge is 0.361 e. The van der Waals surface area contributed by atoms with Crippen molar-refractivity contribution in [2.45, 2.75) is 31.9 Å². The van der Waals surface area contributed by atoms with E-state index >= 15 is 0 Å². The number of aromatic nitrogens is 1. The molecule has 1 atom stereocenters. The van der Waals surface area contributed by atoms with Gasteiger partial charge in [0.15, 0.2) is 5.60 Å². The molecule has 32 heavy (non-hydrogen) atoms. The molecule has 7 heteroatoms. The maximum Gasteiger partial charge on any atom is 0.272 e. The number of carbonyl (C=O) groups excluding carboxylic acids is 2. The molecule has 166 valence electrons. The number of rotatable bonds is 6. The van der Waals surface area contributed by atoms with Gasteiger partial charge in [-0.15, -0.1) is 11.3 Å². The average Bonchev–Trinajstić information content (AvgIpc) is 3.34. The molecule has 2 amide bonds. The number of ether oxygens (including phenoxy) is 1. The number of amides is 2. The predicted molar refractivity (Wildman–Crippen MR) is 126 cm³/mol. The molecule has 0 radical (unpaired) electrons. The van der Waals surface area contributed by atoms with Crippen LogP contribution >= 0.6 is 11.3 Å². The molecular formula is C25H27N3O3S. The fraction of sp³-hybridized carbons (Fsp3) is 0.320. The van der Waals surface area contributed by atoms with Crippen molar-refractivity contribution in [1.29, 1.82) is 0 Å². The maximum atomic E-state index is 13.3. The van der Waals surface area contributed by atoms with Gasteiger partial charge < -0.3 is 15.0 Å². The topological polar surface area (TPSA) is 71.5 Å². The van der Waals surface area contributed by atoms with Crippen LogP contribution in [0.1, 0.15) is 29.9 Å². The van der Waals surface area contributed by atoms with E-state index in [0.717, 1.165) is 11.1 Å². The van der Waals surface area contributed by atoms with Crippen molar-refractivity contribution in [3.8, 4) is 10.4 Å². The van der Waals surface area contributed by atoms with Crippen molar-refractivity contribution in [2.75, 3.05) is 19.7 Å². The zero-order chi connectivity index (χ0) is 22.6. The Balaban J connectivity index is 1.59. The number of carbonyl (C=O) groups is 2. The van der Waals surface area contributed by atoms with Crippen LogP contribution in [0.5, 0.6) is 0 Å². The Morgan fingerprint density at radius 3 is 2.62 bits per heavy atom. The minimum atomic E-state index is -1.16. The lowest BCUT2D eigenvalue weighted by Crippen LogP contribution is -2.62. The lowest BCUT2D eigenvalue weighted by Gasteiger charge is -2.42. The van der Waals surface area contributed by atoms with Crippen LogP contribution in [-0.4, -0.2) is 53.0 Å². The van der Waals surface area contributed by atoms with Crippen molar-refractivity contribution in [2.24, 2.45) is 0 Å². The standard InChI is InChI=1S/C25H27N3O3S/c1-18(2)27-24(30)25(16-19-8-10-20(11-9-19)22-7-5-15-32-22)17-28(13-14-31-25)23(29)21-6-3-4-12-26-21/h3-12,15,18H,13-14,16-17H2,1-2H3,(H,27,30)/t25-/m1/s1. The van der Waals surface area contributed by atoms with Crippen LogP contribution in [0.4, 0.5) is 0 Å². The van der Waals surface area contributed by atoms with E-state index in [1.165, 1.54) is 4.88 Å². The molecule has 1 aliphatic rings. The third kappa shape index (κ3) is 4.89. The van der Waals surface area contributed by atoms with Crippen molar-refractivity contribution >= 4 is 23.2 Å². The van der Waals surface area contributed by atoms with Crippen LogP contribution in [0.2, 0.25) is 0 Å². The highest BCUT2D eigenvalue weighted by molar-refractivity contribution is 7.13. The molecule has 0 bridgehead atoms. The molecule has 0 unspecified atom stereocenters. The molecule has 1 aliphatic heterocycles. The zero-order valence-electron chi connectivity index (χ0n) is 18.3. The summed E-state index contributed by atoms with van der Waals surface area (Å²) in [6.45, 7) is 4.72. The van der Waals surface area contributed by atoms with Gasteiger partial charge in [0.1, 0.15) is 5.69 Å². The van der Waals surface area contributed by atoms with Gasteiger partial charge in [0.05, 0.1) is 13.2 Å². The van der Waals surface area contributed by atoms with E-state index in [2.05, 4.69) is 33.9 Å². The van der Waals surface area contributed by atoms with Crippen LogP contribution in [0.25, 0.3) is 10.4 Å². The molecule has 0 saturated carbocycles. The fourth-order valence-electron chi connectivity index (χ4n) is 3.89. The highest BCUT2D eigenvalue weighted by atomic mass is 32.1. The Bertz CT molecular complexity index is 1050. The minimum absolute atomic E-state index is 0.0361.